The first kappa shape index (κ1) is 24.4. The number of hydrogen-bond donors (Lipinski definition) is 2. The molecule has 40 heavy (non-hydrogen) atoms. The molecule has 7 nitrogen and oxygen atoms in total. The summed E-state index contributed by atoms with van der Waals surface area (Å²) in [4.78, 5) is 17.9. The number of nitrogens with zero attached hydrogens (tertiary/aromatic N) is 4. The smallest absolute Gasteiger partial charge is 0.138 e. The summed E-state index contributed by atoms with van der Waals surface area (Å²) in [5, 5.41) is 4.68. The average Bonchev–Trinajstić information content (AvgIpc) is 3.45. The highest BCUT2D eigenvalue weighted by Gasteiger charge is 2.21. The summed E-state index contributed by atoms with van der Waals surface area (Å²) in [6.45, 7) is 5.29. The van der Waals surface area contributed by atoms with Gasteiger partial charge in [-0.1, -0.05) is 42.5 Å². The summed E-state index contributed by atoms with van der Waals surface area (Å²) >= 11 is 0. The van der Waals surface area contributed by atoms with E-state index in [2.05, 4.69) is 92.8 Å². The van der Waals surface area contributed by atoms with Crippen molar-refractivity contribution in [1.29, 1.82) is 0 Å². The Morgan fingerprint density at radius 2 is 1.73 bits per heavy atom. The number of aliphatic imine (C=N–C) groups is 1. The minimum absolute atomic E-state index is 0.507. The predicted molar refractivity (Wildman–Crippen MR) is 163 cm³/mol. The molecule has 3 aromatic carbocycles. The number of anilines is 2. The second kappa shape index (κ2) is 10.5. The molecular formula is C33H32N6O. The topological polar surface area (TPSA) is 68.8 Å². The summed E-state index contributed by atoms with van der Waals surface area (Å²) in [7, 11) is 2.19. The second-order valence-corrected chi connectivity index (χ2v) is 10.5. The van der Waals surface area contributed by atoms with Crippen LogP contribution in [0, 0.1) is 0 Å². The summed E-state index contributed by atoms with van der Waals surface area (Å²) in [6, 6.07) is 27.5. The van der Waals surface area contributed by atoms with Crippen LogP contribution in [0.5, 0.6) is 5.75 Å². The van der Waals surface area contributed by atoms with Gasteiger partial charge < -0.3 is 24.8 Å². The number of nitrogens with one attached hydrogen (secondary N) is 2. The Morgan fingerprint density at radius 3 is 2.60 bits per heavy atom. The van der Waals surface area contributed by atoms with Gasteiger partial charge in [0.05, 0.1) is 17.6 Å². The molecule has 5 aromatic rings. The predicted octanol–water partition coefficient (Wildman–Crippen LogP) is 5.78. The minimum atomic E-state index is 0.507. The first-order chi connectivity index (χ1) is 19.7. The molecule has 0 unspecified atom stereocenters. The molecule has 1 saturated heterocycles. The molecule has 7 rings (SSSR count). The molecule has 7 heteroatoms. The molecule has 4 heterocycles. The summed E-state index contributed by atoms with van der Waals surface area (Å²) < 4.78 is 6.05. The Bertz CT molecular complexity index is 1680. The van der Waals surface area contributed by atoms with E-state index < -0.39 is 0 Å². The van der Waals surface area contributed by atoms with Crippen LogP contribution >= 0.6 is 0 Å². The van der Waals surface area contributed by atoms with Crippen molar-refractivity contribution in [3.63, 3.8) is 0 Å². The van der Waals surface area contributed by atoms with Crippen LogP contribution in [0.2, 0.25) is 0 Å². The molecule has 0 atom stereocenters. The maximum Gasteiger partial charge on any atom is 0.138 e. The van der Waals surface area contributed by atoms with Crippen molar-refractivity contribution in [3.05, 3.63) is 108 Å². The molecule has 0 radical (unpaired) electrons. The van der Waals surface area contributed by atoms with Gasteiger partial charge in [-0.25, -0.2) is 0 Å². The fourth-order valence-corrected chi connectivity index (χ4v) is 5.58. The molecule has 1 fully saturated rings. The van der Waals surface area contributed by atoms with Gasteiger partial charge in [-0.3, -0.25) is 9.98 Å². The largest absolute Gasteiger partial charge is 0.487 e. The third-order valence-corrected chi connectivity index (χ3v) is 7.82. The zero-order valence-electron chi connectivity index (χ0n) is 22.6. The lowest BCUT2D eigenvalue weighted by Gasteiger charge is -2.34. The van der Waals surface area contributed by atoms with Gasteiger partial charge >= 0.3 is 0 Å². The van der Waals surface area contributed by atoms with Crippen molar-refractivity contribution < 1.29 is 4.74 Å². The third-order valence-electron chi connectivity index (χ3n) is 7.82. The first-order valence-corrected chi connectivity index (χ1v) is 13.8. The molecular weight excluding hydrogens is 496 g/mol. The van der Waals surface area contributed by atoms with Crippen molar-refractivity contribution in [3.8, 4) is 16.9 Å². The number of ether oxygens (including phenoxy) is 1. The van der Waals surface area contributed by atoms with E-state index in [0.717, 1.165) is 76.8 Å². The molecule has 0 spiro atoms. The van der Waals surface area contributed by atoms with E-state index in [1.54, 1.807) is 6.20 Å². The van der Waals surface area contributed by atoms with Gasteiger partial charge in [-0.2, -0.15) is 0 Å². The van der Waals surface area contributed by atoms with Gasteiger partial charge in [-0.15, -0.1) is 0 Å². The number of rotatable bonds is 6. The lowest BCUT2D eigenvalue weighted by molar-refractivity contribution is 0.305. The van der Waals surface area contributed by atoms with Gasteiger partial charge in [0.15, 0.2) is 0 Å². The number of likely N-dealkylation sites (N-methyl/N-ethyl adjacent to an activating group) is 1. The first-order valence-electron chi connectivity index (χ1n) is 13.8. The number of benzene rings is 3. The molecule has 2 aliphatic rings. The Hall–Kier alpha value is -4.62. The van der Waals surface area contributed by atoms with E-state index in [0.29, 0.717) is 13.3 Å². The lowest BCUT2D eigenvalue weighted by atomic mass is 9.97. The molecule has 0 aliphatic carbocycles. The van der Waals surface area contributed by atoms with Crippen LogP contribution in [0.1, 0.15) is 16.8 Å². The number of aromatic amines is 1. The van der Waals surface area contributed by atoms with Crippen LogP contribution in [0.15, 0.2) is 96.2 Å². The number of aromatic nitrogens is 2. The van der Waals surface area contributed by atoms with Crippen LogP contribution in [-0.4, -0.2) is 60.5 Å². The second-order valence-electron chi connectivity index (χ2n) is 10.5. The Kier molecular flexibility index (Phi) is 6.42. The van der Waals surface area contributed by atoms with E-state index >= 15 is 0 Å². The SMILES string of the molecule is CN1CCN(c2cccc3[nH]c(C4=NCNc5ccc(-c6cncc(OCc7ccccc7)c6)cc54)cc23)CC1. The Balaban J connectivity index is 1.19. The van der Waals surface area contributed by atoms with Gasteiger partial charge in [0, 0.05) is 65.8 Å². The Labute approximate surface area is 234 Å². The quantitative estimate of drug-likeness (QED) is 0.292. The average molecular weight is 529 g/mol. The summed E-state index contributed by atoms with van der Waals surface area (Å²) in [5.74, 6) is 0.748. The van der Waals surface area contributed by atoms with Crippen LogP contribution in [0.25, 0.3) is 22.0 Å². The molecule has 2 N–H and O–H groups in total. The minimum Gasteiger partial charge on any atom is -0.487 e. The molecule has 0 bridgehead atoms. The fraction of sp³-hybridized carbons (Fsp3) is 0.212. The highest BCUT2D eigenvalue weighted by Crippen LogP contribution is 2.33. The summed E-state index contributed by atoms with van der Waals surface area (Å²) in [5.41, 5.74) is 9.79. The van der Waals surface area contributed by atoms with Crippen molar-refractivity contribution in [1.82, 2.24) is 14.9 Å². The maximum absolute atomic E-state index is 6.05. The van der Waals surface area contributed by atoms with E-state index in [1.165, 1.54) is 11.1 Å². The highest BCUT2D eigenvalue weighted by atomic mass is 16.5. The van der Waals surface area contributed by atoms with Gasteiger partial charge in [0.2, 0.25) is 0 Å². The third kappa shape index (κ3) is 4.80. The van der Waals surface area contributed by atoms with Crippen LogP contribution < -0.4 is 15.0 Å². The number of hydrogen-bond acceptors (Lipinski definition) is 6. The number of pyridine rings is 1. The normalized spacial score (nSPS) is 15.4. The number of piperazine rings is 1. The highest BCUT2D eigenvalue weighted by molar-refractivity contribution is 6.18. The van der Waals surface area contributed by atoms with Crippen molar-refractivity contribution in [2.24, 2.45) is 4.99 Å². The lowest BCUT2D eigenvalue weighted by Crippen LogP contribution is -2.44. The van der Waals surface area contributed by atoms with Gasteiger partial charge in [0.25, 0.3) is 0 Å². The molecule has 2 aliphatic heterocycles. The zero-order chi connectivity index (χ0) is 26.9. The van der Waals surface area contributed by atoms with Gasteiger partial charge in [0.1, 0.15) is 19.0 Å². The Morgan fingerprint density at radius 1 is 0.850 bits per heavy atom. The standard InChI is InChI=1S/C33H32N6O/c1-38-12-14-39(15-13-38)32-9-5-8-30-27(32)18-31(37-30)33-28-17-24(10-11-29(28)35-22-36-33)25-16-26(20-34-19-25)40-21-23-6-3-2-4-7-23/h2-11,16-20,35,37H,12-15,21-22H2,1H3. The zero-order valence-corrected chi connectivity index (χ0v) is 22.6. The summed E-state index contributed by atoms with van der Waals surface area (Å²) in [6.07, 6.45) is 3.65. The fourth-order valence-electron chi connectivity index (χ4n) is 5.58. The molecule has 2 aromatic heterocycles. The molecule has 0 saturated carbocycles. The van der Waals surface area contributed by atoms with E-state index in [1.807, 2.05) is 24.4 Å². The van der Waals surface area contributed by atoms with E-state index in [-0.39, 0.29) is 0 Å². The van der Waals surface area contributed by atoms with Crippen molar-refractivity contribution >= 4 is 28.0 Å². The number of H-pyrrole nitrogens is 1. The van der Waals surface area contributed by atoms with Crippen LogP contribution in [-0.2, 0) is 6.61 Å². The molecule has 0 amide bonds. The van der Waals surface area contributed by atoms with Crippen molar-refractivity contribution in [2.45, 2.75) is 6.61 Å². The van der Waals surface area contributed by atoms with E-state index in [9.17, 15) is 0 Å². The van der Waals surface area contributed by atoms with Crippen LogP contribution in [0.3, 0.4) is 0 Å². The van der Waals surface area contributed by atoms with Crippen LogP contribution in [0.4, 0.5) is 11.4 Å². The van der Waals surface area contributed by atoms with E-state index in [4.69, 9.17) is 9.73 Å². The van der Waals surface area contributed by atoms with Crippen molar-refractivity contribution in [2.75, 3.05) is 50.1 Å². The number of fused-ring (bicyclic) bond motifs is 2. The monoisotopic (exact) mass is 528 g/mol. The van der Waals surface area contributed by atoms with Gasteiger partial charge in [-0.05, 0) is 54.6 Å². The molecule has 200 valence electrons. The maximum atomic E-state index is 6.05.